The van der Waals surface area contributed by atoms with Gasteiger partial charge < -0.3 is 15.2 Å². The molecular weight excluding hydrogens is 204 g/mol. The molecule has 2 N–H and O–H groups in total. The summed E-state index contributed by atoms with van der Waals surface area (Å²) >= 11 is 0. The quantitative estimate of drug-likeness (QED) is 0.565. The van der Waals surface area contributed by atoms with Crippen LogP contribution in [-0.4, -0.2) is 62.0 Å². The van der Waals surface area contributed by atoms with E-state index < -0.39 is 0 Å². The number of aliphatic hydroxyl groups excluding tert-OH is 1. The van der Waals surface area contributed by atoms with Gasteiger partial charge >= 0.3 is 0 Å². The molecule has 16 heavy (non-hydrogen) atoms. The van der Waals surface area contributed by atoms with Crippen LogP contribution < -0.4 is 5.32 Å². The van der Waals surface area contributed by atoms with Gasteiger partial charge in [-0.15, -0.1) is 0 Å². The van der Waals surface area contributed by atoms with E-state index in [0.29, 0.717) is 6.04 Å². The van der Waals surface area contributed by atoms with Crippen molar-refractivity contribution in [3.8, 4) is 0 Å². The molecule has 0 aromatic carbocycles. The molecule has 1 aliphatic heterocycles. The molecule has 96 valence electrons. The highest BCUT2D eigenvalue weighted by Gasteiger charge is 2.17. The first-order valence-electron chi connectivity index (χ1n) is 6.51. The fraction of sp³-hybridized carbons (Fsp3) is 1.00. The van der Waals surface area contributed by atoms with Crippen molar-refractivity contribution in [3.63, 3.8) is 0 Å². The van der Waals surface area contributed by atoms with Crippen LogP contribution in [0.3, 0.4) is 0 Å². The highest BCUT2D eigenvalue weighted by molar-refractivity contribution is 4.77. The summed E-state index contributed by atoms with van der Waals surface area (Å²) in [6.07, 6.45) is 3.62. The van der Waals surface area contributed by atoms with Crippen LogP contribution in [0.15, 0.2) is 0 Å². The van der Waals surface area contributed by atoms with Crippen molar-refractivity contribution in [1.82, 2.24) is 10.2 Å². The maximum atomic E-state index is 9.02. The lowest BCUT2D eigenvalue weighted by molar-refractivity contribution is 0.123. The molecule has 1 heterocycles. The van der Waals surface area contributed by atoms with Crippen LogP contribution in [0, 0.1) is 0 Å². The largest absolute Gasteiger partial charge is 0.395 e. The molecule has 0 bridgehead atoms. The highest BCUT2D eigenvalue weighted by atomic mass is 16.5. The molecule has 0 aromatic heterocycles. The summed E-state index contributed by atoms with van der Waals surface area (Å²) in [6.45, 7) is 7.92. The number of aliphatic hydroxyl groups is 1. The van der Waals surface area contributed by atoms with Gasteiger partial charge in [-0.1, -0.05) is 0 Å². The average Bonchev–Trinajstić information content (AvgIpc) is 2.77. The normalized spacial score (nSPS) is 20.8. The van der Waals surface area contributed by atoms with Crippen LogP contribution >= 0.6 is 0 Å². The van der Waals surface area contributed by atoms with Crippen molar-refractivity contribution >= 4 is 0 Å². The van der Waals surface area contributed by atoms with Gasteiger partial charge in [-0.25, -0.2) is 0 Å². The molecule has 1 fully saturated rings. The predicted molar refractivity (Wildman–Crippen MR) is 65.7 cm³/mol. The summed E-state index contributed by atoms with van der Waals surface area (Å²) in [5, 5.41) is 12.5. The number of hydrogen-bond donors (Lipinski definition) is 2. The van der Waals surface area contributed by atoms with Crippen molar-refractivity contribution < 1.29 is 9.84 Å². The molecule has 0 saturated carbocycles. The Kier molecular flexibility index (Phi) is 7.76. The molecule has 0 aromatic rings. The van der Waals surface area contributed by atoms with E-state index in [1.807, 2.05) is 6.92 Å². The molecule has 1 atom stereocenters. The van der Waals surface area contributed by atoms with E-state index in [2.05, 4.69) is 10.2 Å². The molecule has 0 amide bonds. The second-order valence-electron chi connectivity index (χ2n) is 4.37. The summed E-state index contributed by atoms with van der Waals surface area (Å²) in [7, 11) is 0. The number of nitrogens with one attached hydrogen (secondary N) is 1. The van der Waals surface area contributed by atoms with Crippen LogP contribution in [0.5, 0.6) is 0 Å². The molecule has 4 heteroatoms. The average molecular weight is 230 g/mol. The number of nitrogens with zero attached hydrogens (tertiary/aromatic N) is 1. The van der Waals surface area contributed by atoms with E-state index in [1.54, 1.807) is 0 Å². The zero-order chi connectivity index (χ0) is 11.6. The van der Waals surface area contributed by atoms with Crippen LogP contribution in [-0.2, 0) is 4.74 Å². The third-order valence-corrected chi connectivity index (χ3v) is 3.02. The van der Waals surface area contributed by atoms with Crippen molar-refractivity contribution in [2.24, 2.45) is 0 Å². The van der Waals surface area contributed by atoms with Gasteiger partial charge in [-0.05, 0) is 32.7 Å². The van der Waals surface area contributed by atoms with E-state index >= 15 is 0 Å². The smallest absolute Gasteiger partial charge is 0.0558 e. The van der Waals surface area contributed by atoms with Crippen LogP contribution in [0.25, 0.3) is 0 Å². The van der Waals surface area contributed by atoms with Gasteiger partial charge in [0.25, 0.3) is 0 Å². The Labute approximate surface area is 99.0 Å². The Morgan fingerprint density at radius 1 is 1.44 bits per heavy atom. The Hall–Kier alpha value is -0.160. The maximum absolute atomic E-state index is 9.02. The minimum absolute atomic E-state index is 0.251. The molecule has 1 unspecified atom stereocenters. The fourth-order valence-electron chi connectivity index (χ4n) is 2.19. The van der Waals surface area contributed by atoms with E-state index in [9.17, 15) is 0 Å². The summed E-state index contributed by atoms with van der Waals surface area (Å²) in [5.41, 5.74) is 0. The lowest BCUT2D eigenvalue weighted by Crippen LogP contribution is -2.39. The van der Waals surface area contributed by atoms with Crippen LogP contribution in [0.1, 0.15) is 26.2 Å². The lowest BCUT2D eigenvalue weighted by Gasteiger charge is -2.24. The summed E-state index contributed by atoms with van der Waals surface area (Å²) in [4.78, 5) is 2.34. The first-order valence-corrected chi connectivity index (χ1v) is 6.51. The molecule has 1 rings (SSSR count). The zero-order valence-corrected chi connectivity index (χ0v) is 10.5. The van der Waals surface area contributed by atoms with E-state index in [-0.39, 0.29) is 6.61 Å². The van der Waals surface area contributed by atoms with Gasteiger partial charge in [0, 0.05) is 38.9 Å². The predicted octanol–water partition coefficient (Wildman–Crippen LogP) is 0.459. The molecule has 0 spiro atoms. The van der Waals surface area contributed by atoms with Crippen molar-refractivity contribution in [1.29, 1.82) is 0 Å². The molecule has 4 nitrogen and oxygen atoms in total. The van der Waals surface area contributed by atoms with Crippen molar-refractivity contribution in [2.45, 2.75) is 32.2 Å². The number of rotatable bonds is 9. The topological polar surface area (TPSA) is 44.7 Å². The standard InChI is InChI=1S/C12H26N2O2/c1-2-16-10-4-7-14(8-9-15)11-12-5-3-6-13-12/h12-13,15H,2-11H2,1H3. The molecular formula is C12H26N2O2. The Bertz CT molecular complexity index is 161. The summed E-state index contributed by atoms with van der Waals surface area (Å²) < 4.78 is 5.33. The van der Waals surface area contributed by atoms with Crippen LogP contribution in [0.4, 0.5) is 0 Å². The second kappa shape index (κ2) is 8.93. The third-order valence-electron chi connectivity index (χ3n) is 3.02. The monoisotopic (exact) mass is 230 g/mol. The fourth-order valence-corrected chi connectivity index (χ4v) is 2.19. The minimum atomic E-state index is 0.251. The highest BCUT2D eigenvalue weighted by Crippen LogP contribution is 2.07. The molecule has 0 aliphatic carbocycles. The van der Waals surface area contributed by atoms with Gasteiger partial charge in [-0.2, -0.15) is 0 Å². The van der Waals surface area contributed by atoms with Gasteiger partial charge in [0.05, 0.1) is 6.61 Å². The van der Waals surface area contributed by atoms with Crippen molar-refractivity contribution in [3.05, 3.63) is 0 Å². The van der Waals surface area contributed by atoms with Crippen LogP contribution in [0.2, 0.25) is 0 Å². The van der Waals surface area contributed by atoms with E-state index in [0.717, 1.165) is 45.8 Å². The maximum Gasteiger partial charge on any atom is 0.0558 e. The third kappa shape index (κ3) is 5.80. The Balaban J connectivity index is 2.12. The van der Waals surface area contributed by atoms with Gasteiger partial charge in [0.1, 0.15) is 0 Å². The zero-order valence-electron chi connectivity index (χ0n) is 10.5. The number of hydrogen-bond acceptors (Lipinski definition) is 4. The lowest BCUT2D eigenvalue weighted by atomic mass is 10.2. The first-order chi connectivity index (χ1) is 7.86. The second-order valence-corrected chi connectivity index (χ2v) is 4.37. The molecule has 1 saturated heterocycles. The van der Waals surface area contributed by atoms with Gasteiger partial charge in [0.2, 0.25) is 0 Å². The minimum Gasteiger partial charge on any atom is -0.395 e. The van der Waals surface area contributed by atoms with Gasteiger partial charge in [0.15, 0.2) is 0 Å². The van der Waals surface area contributed by atoms with E-state index in [1.165, 1.54) is 12.8 Å². The van der Waals surface area contributed by atoms with Crippen molar-refractivity contribution in [2.75, 3.05) is 46.0 Å². The number of ether oxygens (including phenoxy) is 1. The van der Waals surface area contributed by atoms with E-state index in [4.69, 9.17) is 9.84 Å². The molecule has 1 aliphatic rings. The summed E-state index contributed by atoms with van der Waals surface area (Å²) in [6, 6.07) is 0.624. The molecule has 0 radical (unpaired) electrons. The first kappa shape index (κ1) is 13.9. The van der Waals surface area contributed by atoms with Gasteiger partial charge in [-0.3, -0.25) is 4.90 Å². The SMILES string of the molecule is CCOCCCN(CCO)CC1CCCN1. The Morgan fingerprint density at radius 2 is 2.31 bits per heavy atom. The Morgan fingerprint density at radius 3 is 2.94 bits per heavy atom. The summed E-state index contributed by atoms with van der Waals surface area (Å²) in [5.74, 6) is 0.